The van der Waals surface area contributed by atoms with E-state index in [0.717, 1.165) is 0 Å². The second kappa shape index (κ2) is 6.74. The van der Waals surface area contributed by atoms with E-state index >= 15 is 0 Å². The monoisotopic (exact) mass is 319 g/mol. The predicted molar refractivity (Wildman–Crippen MR) is 82.7 cm³/mol. The first-order valence-electron chi connectivity index (χ1n) is 7.43. The van der Waals surface area contributed by atoms with E-state index < -0.39 is 5.95 Å². The van der Waals surface area contributed by atoms with E-state index in [-0.39, 0.29) is 12.5 Å². The van der Waals surface area contributed by atoms with Crippen LogP contribution in [0.15, 0.2) is 28.8 Å². The third kappa shape index (κ3) is 4.04. The Bertz CT molecular complexity index is 682. The molecule has 1 saturated heterocycles. The lowest BCUT2D eigenvalue weighted by Crippen LogP contribution is -2.49. The fourth-order valence-electron chi connectivity index (χ4n) is 2.52. The summed E-state index contributed by atoms with van der Waals surface area (Å²) in [7, 11) is 0. The lowest BCUT2D eigenvalue weighted by Gasteiger charge is -2.34. The number of halogens is 1. The molecule has 1 N–H and O–H groups in total. The van der Waals surface area contributed by atoms with Gasteiger partial charge in [-0.1, -0.05) is 11.2 Å². The molecule has 0 atom stereocenters. The summed E-state index contributed by atoms with van der Waals surface area (Å²) in [4.78, 5) is 19.9. The number of hydrogen-bond donors (Lipinski definition) is 1. The lowest BCUT2D eigenvalue weighted by molar-refractivity contribution is -0.117. The SMILES string of the molecule is Cc1cc(NC(=O)CN2CCN(c3cccc(F)n3)CC2)no1. The van der Waals surface area contributed by atoms with Gasteiger partial charge in [-0.25, -0.2) is 4.98 Å². The van der Waals surface area contributed by atoms with Gasteiger partial charge in [-0.05, 0) is 19.1 Å². The highest BCUT2D eigenvalue weighted by Crippen LogP contribution is 2.14. The maximum atomic E-state index is 13.2. The Morgan fingerprint density at radius 2 is 2.13 bits per heavy atom. The summed E-state index contributed by atoms with van der Waals surface area (Å²) in [5.41, 5.74) is 0. The molecular weight excluding hydrogens is 301 g/mol. The number of hydrogen-bond acceptors (Lipinski definition) is 6. The normalized spacial score (nSPS) is 15.7. The highest BCUT2D eigenvalue weighted by Gasteiger charge is 2.20. The largest absolute Gasteiger partial charge is 0.360 e. The van der Waals surface area contributed by atoms with E-state index in [1.54, 1.807) is 25.1 Å². The molecule has 0 aliphatic carbocycles. The Balaban J connectivity index is 1.48. The average molecular weight is 319 g/mol. The van der Waals surface area contributed by atoms with Gasteiger partial charge < -0.3 is 14.7 Å². The van der Waals surface area contributed by atoms with E-state index in [4.69, 9.17) is 4.52 Å². The molecule has 0 bridgehead atoms. The number of anilines is 2. The van der Waals surface area contributed by atoms with Gasteiger partial charge in [0.05, 0.1) is 6.54 Å². The van der Waals surface area contributed by atoms with Gasteiger partial charge in [0.15, 0.2) is 5.82 Å². The number of rotatable bonds is 4. The Morgan fingerprint density at radius 3 is 2.78 bits per heavy atom. The number of nitrogens with zero attached hydrogens (tertiary/aromatic N) is 4. The van der Waals surface area contributed by atoms with Crippen molar-refractivity contribution in [2.75, 3.05) is 42.9 Å². The molecular formula is C15H18FN5O2. The summed E-state index contributed by atoms with van der Waals surface area (Å²) in [5, 5.41) is 6.43. The Hall–Kier alpha value is -2.48. The fraction of sp³-hybridized carbons (Fsp3) is 0.400. The molecule has 1 fully saturated rings. The van der Waals surface area contributed by atoms with Crippen LogP contribution >= 0.6 is 0 Å². The Labute approximate surface area is 133 Å². The van der Waals surface area contributed by atoms with Gasteiger partial charge in [-0.2, -0.15) is 4.39 Å². The minimum absolute atomic E-state index is 0.129. The summed E-state index contributed by atoms with van der Waals surface area (Å²) in [6.07, 6.45) is 0. The molecule has 0 saturated carbocycles. The van der Waals surface area contributed by atoms with Gasteiger partial charge in [-0.3, -0.25) is 9.69 Å². The molecule has 0 aromatic carbocycles. The van der Waals surface area contributed by atoms with Crippen molar-refractivity contribution in [3.8, 4) is 0 Å². The van der Waals surface area contributed by atoms with E-state index in [9.17, 15) is 9.18 Å². The van der Waals surface area contributed by atoms with Crippen molar-refractivity contribution in [1.82, 2.24) is 15.0 Å². The van der Waals surface area contributed by atoms with Gasteiger partial charge in [-0.15, -0.1) is 0 Å². The first-order valence-corrected chi connectivity index (χ1v) is 7.43. The topological polar surface area (TPSA) is 74.5 Å². The zero-order valence-corrected chi connectivity index (χ0v) is 12.8. The van der Waals surface area contributed by atoms with Crippen LogP contribution in [0.2, 0.25) is 0 Å². The molecule has 8 heteroatoms. The van der Waals surface area contributed by atoms with Crippen molar-refractivity contribution in [1.29, 1.82) is 0 Å². The minimum Gasteiger partial charge on any atom is -0.360 e. The number of pyridine rings is 1. The molecule has 0 unspecified atom stereocenters. The number of aryl methyl sites for hydroxylation is 1. The molecule has 1 amide bonds. The third-order valence-electron chi connectivity index (χ3n) is 3.66. The van der Waals surface area contributed by atoms with Crippen LogP contribution in [0.1, 0.15) is 5.76 Å². The third-order valence-corrected chi connectivity index (χ3v) is 3.66. The van der Waals surface area contributed by atoms with Crippen LogP contribution in [0.5, 0.6) is 0 Å². The highest BCUT2D eigenvalue weighted by atomic mass is 19.1. The number of piperazine rings is 1. The van der Waals surface area contributed by atoms with Crippen molar-refractivity contribution in [2.24, 2.45) is 0 Å². The van der Waals surface area contributed by atoms with Crippen LogP contribution in [0.3, 0.4) is 0 Å². The molecule has 23 heavy (non-hydrogen) atoms. The molecule has 122 valence electrons. The van der Waals surface area contributed by atoms with Crippen LogP contribution in [0.4, 0.5) is 16.0 Å². The summed E-state index contributed by atoms with van der Waals surface area (Å²) in [5.74, 6) is 1.10. The van der Waals surface area contributed by atoms with Crippen LogP contribution in [0.25, 0.3) is 0 Å². The standard InChI is InChI=1S/C15H18FN5O2/c1-11-9-13(19-23-11)18-15(22)10-20-5-7-21(8-6-20)14-4-2-3-12(16)17-14/h2-4,9H,5-8,10H2,1H3,(H,18,19,22). The average Bonchev–Trinajstić information content (AvgIpc) is 2.93. The Morgan fingerprint density at radius 1 is 1.35 bits per heavy atom. The van der Waals surface area contributed by atoms with E-state index in [2.05, 4.69) is 15.5 Å². The van der Waals surface area contributed by atoms with Crippen LogP contribution in [-0.2, 0) is 4.79 Å². The molecule has 1 aliphatic heterocycles. The van der Waals surface area contributed by atoms with Crippen molar-refractivity contribution in [3.63, 3.8) is 0 Å². The summed E-state index contributed by atoms with van der Waals surface area (Å²) in [6, 6.07) is 6.44. The maximum absolute atomic E-state index is 13.2. The molecule has 3 rings (SSSR count). The van der Waals surface area contributed by atoms with Crippen molar-refractivity contribution < 1.29 is 13.7 Å². The summed E-state index contributed by atoms with van der Waals surface area (Å²) >= 11 is 0. The smallest absolute Gasteiger partial charge is 0.239 e. The van der Waals surface area contributed by atoms with Crippen molar-refractivity contribution >= 4 is 17.5 Å². The Kier molecular flexibility index (Phi) is 4.52. The molecule has 3 heterocycles. The quantitative estimate of drug-likeness (QED) is 0.856. The summed E-state index contributed by atoms with van der Waals surface area (Å²) < 4.78 is 18.1. The molecule has 7 nitrogen and oxygen atoms in total. The second-order valence-electron chi connectivity index (χ2n) is 5.45. The van der Waals surface area contributed by atoms with Gasteiger partial charge >= 0.3 is 0 Å². The van der Waals surface area contributed by atoms with Gasteiger partial charge in [0, 0.05) is 32.2 Å². The molecule has 2 aromatic heterocycles. The van der Waals surface area contributed by atoms with Gasteiger partial charge in [0.2, 0.25) is 11.9 Å². The fourth-order valence-corrected chi connectivity index (χ4v) is 2.52. The maximum Gasteiger partial charge on any atom is 0.239 e. The number of nitrogens with one attached hydrogen (secondary N) is 1. The van der Waals surface area contributed by atoms with Crippen LogP contribution in [-0.4, -0.2) is 53.7 Å². The van der Waals surface area contributed by atoms with Crippen LogP contribution < -0.4 is 10.2 Å². The van der Waals surface area contributed by atoms with Crippen LogP contribution in [0, 0.1) is 12.9 Å². The van der Waals surface area contributed by atoms with Crippen molar-refractivity contribution in [2.45, 2.75) is 6.92 Å². The molecule has 2 aromatic rings. The zero-order valence-electron chi connectivity index (χ0n) is 12.8. The molecule has 1 aliphatic rings. The zero-order chi connectivity index (χ0) is 16.2. The first kappa shape index (κ1) is 15.4. The summed E-state index contributed by atoms with van der Waals surface area (Å²) in [6.45, 7) is 4.88. The highest BCUT2D eigenvalue weighted by molar-refractivity contribution is 5.91. The van der Waals surface area contributed by atoms with E-state index in [1.807, 2.05) is 9.80 Å². The second-order valence-corrected chi connectivity index (χ2v) is 5.45. The van der Waals surface area contributed by atoms with Crippen molar-refractivity contribution in [3.05, 3.63) is 36.0 Å². The van der Waals surface area contributed by atoms with Gasteiger partial charge in [0.1, 0.15) is 11.6 Å². The number of amides is 1. The minimum atomic E-state index is -0.479. The first-order chi connectivity index (χ1) is 11.1. The molecule has 0 spiro atoms. The number of aromatic nitrogens is 2. The predicted octanol–water partition coefficient (Wildman–Crippen LogP) is 1.28. The van der Waals surface area contributed by atoms with E-state index in [0.29, 0.717) is 43.6 Å². The number of carbonyl (C=O) groups excluding carboxylic acids is 1. The van der Waals surface area contributed by atoms with Gasteiger partial charge in [0.25, 0.3) is 0 Å². The lowest BCUT2D eigenvalue weighted by atomic mass is 10.3. The molecule has 0 radical (unpaired) electrons. The van der Waals surface area contributed by atoms with E-state index in [1.165, 1.54) is 6.07 Å². The number of carbonyl (C=O) groups is 1.